The Hall–Kier alpha value is -4.46. The molecule has 0 saturated heterocycles. The van der Waals surface area contributed by atoms with Crippen LogP contribution in [0, 0.1) is 0 Å². The van der Waals surface area contributed by atoms with E-state index in [0.29, 0.717) is 17.9 Å². The maximum Gasteiger partial charge on any atom is 0.412 e. The molecule has 1 aliphatic heterocycles. The summed E-state index contributed by atoms with van der Waals surface area (Å²) in [4.78, 5) is 42.4. The zero-order valence-electron chi connectivity index (χ0n) is 27.5. The van der Waals surface area contributed by atoms with Crippen LogP contribution in [0.1, 0.15) is 57.0 Å². The largest absolute Gasteiger partial charge is 0.453 e. The van der Waals surface area contributed by atoms with Crippen LogP contribution in [0.3, 0.4) is 0 Å². The number of nitrogens with two attached hydrogens (primary N) is 1. The molecule has 1 heterocycles. The number of benzene rings is 2. The molecule has 292 valence electrons. The van der Waals surface area contributed by atoms with Crippen LogP contribution in [0.4, 0.5) is 16.2 Å². The molecule has 0 aliphatic carbocycles. The Morgan fingerprint density at radius 3 is 1.54 bits per heavy atom. The standard InChI is InChI=1S/C19H20N4O3S.C2H7N.4C2H5N.C2H4.6CH4/c1-11(20)18(24)21-13-3-5-14(6-4-13)27-15-7-8-16-12(9-15)10-17(22-16)23-19(25)26-2;5*1-3-2;1-2;;;;;;/h3-9,11H,10,20H2,1-2H3,(H,21,24)(H,22,23,25);3H,1-2H3;4*1H2,2H3;1-2H2;6*1H4. The first-order valence-corrected chi connectivity index (χ1v) is 13.7. The Bertz CT molecular complexity index is 1100. The lowest BCUT2D eigenvalue weighted by Gasteiger charge is -2.09. The number of hydrogen-bond donors (Lipinski definition) is 4. The van der Waals surface area contributed by atoms with Crippen LogP contribution in [0.15, 0.2) is 90.4 Å². The van der Waals surface area contributed by atoms with Crippen LogP contribution in [-0.4, -0.2) is 100 Å². The Kier molecular flexibility index (Phi) is 73.5. The van der Waals surface area contributed by atoms with E-state index in [1.165, 1.54) is 7.11 Å². The molecule has 0 fully saturated rings. The van der Waals surface area contributed by atoms with Crippen molar-refractivity contribution in [1.82, 2.24) is 10.6 Å². The average Bonchev–Trinajstić information content (AvgIpc) is 3.38. The Balaban J connectivity index is -0.0000000747. The van der Waals surface area contributed by atoms with E-state index in [4.69, 9.17) is 5.73 Å². The molecule has 13 heteroatoms. The molecule has 2 amide bonds. The van der Waals surface area contributed by atoms with Gasteiger partial charge in [-0.3, -0.25) is 10.1 Å². The highest BCUT2D eigenvalue weighted by molar-refractivity contribution is 7.99. The lowest BCUT2D eigenvalue weighted by atomic mass is 10.1. The first-order valence-electron chi connectivity index (χ1n) is 12.9. The fourth-order valence-electron chi connectivity index (χ4n) is 2.48. The summed E-state index contributed by atoms with van der Waals surface area (Å²) in [5, 5.41) is 8.12. The van der Waals surface area contributed by atoms with E-state index in [9.17, 15) is 9.59 Å². The first-order chi connectivity index (χ1) is 21.0. The van der Waals surface area contributed by atoms with Crippen molar-refractivity contribution in [2.24, 2.45) is 30.7 Å². The van der Waals surface area contributed by atoms with E-state index >= 15 is 0 Å². The van der Waals surface area contributed by atoms with E-state index in [0.717, 1.165) is 21.0 Å². The third-order valence-corrected chi connectivity index (χ3v) is 4.86. The number of carbonyl (C=O) groups is 2. The van der Waals surface area contributed by atoms with Gasteiger partial charge in [0.25, 0.3) is 0 Å². The van der Waals surface area contributed by atoms with Crippen LogP contribution in [0.2, 0.25) is 0 Å². The first kappa shape index (κ1) is 71.5. The van der Waals surface area contributed by atoms with Crippen molar-refractivity contribution in [2.45, 2.75) is 73.7 Å². The number of alkyl carbamates (subject to hydrolysis) is 1. The molecular weight excluding hydrogens is 651 g/mol. The van der Waals surface area contributed by atoms with E-state index in [2.05, 4.69) is 91.7 Å². The average molecular weight is 726 g/mol. The monoisotopic (exact) mass is 726 g/mol. The van der Waals surface area contributed by atoms with Crippen molar-refractivity contribution in [3.8, 4) is 0 Å². The molecule has 12 nitrogen and oxygen atoms in total. The summed E-state index contributed by atoms with van der Waals surface area (Å²) >= 11 is 1.61. The van der Waals surface area contributed by atoms with Crippen molar-refractivity contribution in [1.29, 1.82) is 0 Å². The number of fused-ring (bicyclic) bond motifs is 1. The maximum atomic E-state index is 11.6. The number of amidine groups is 1. The van der Waals surface area contributed by atoms with Crippen molar-refractivity contribution < 1.29 is 14.3 Å². The van der Waals surface area contributed by atoms with Gasteiger partial charge in [-0.1, -0.05) is 56.3 Å². The van der Waals surface area contributed by atoms with Gasteiger partial charge in [0.2, 0.25) is 5.91 Å². The fourth-order valence-corrected chi connectivity index (χ4v) is 3.36. The number of rotatable bonds is 4. The second-order valence-electron chi connectivity index (χ2n) is 7.81. The van der Waals surface area contributed by atoms with Crippen molar-refractivity contribution >= 4 is 67.8 Å². The summed E-state index contributed by atoms with van der Waals surface area (Å²) in [5.74, 6) is 0.360. The van der Waals surface area contributed by atoms with Crippen LogP contribution in [0.25, 0.3) is 0 Å². The summed E-state index contributed by atoms with van der Waals surface area (Å²) in [6.07, 6.45) is 0.0357. The number of nitrogens with zero attached hydrogens (tertiary/aromatic N) is 5. The highest BCUT2D eigenvalue weighted by Gasteiger charge is 2.17. The summed E-state index contributed by atoms with van der Waals surface area (Å²) in [5.41, 5.74) is 8.16. The zero-order valence-corrected chi connectivity index (χ0v) is 28.3. The SMILES string of the molecule is C.C.C.C.C.C.C=C.C=NC.C=NC.C=NC.C=NC.CNC.COC(=O)NC1=Nc2ccc(Sc3ccc(NC(=O)C(C)N)cc3)cc2C1. The van der Waals surface area contributed by atoms with E-state index in [1.807, 2.05) is 50.5 Å². The Morgan fingerprint density at radius 2 is 1.18 bits per heavy atom. The number of amides is 2. The summed E-state index contributed by atoms with van der Waals surface area (Å²) in [7, 11) is 11.6. The number of anilines is 1. The second-order valence-corrected chi connectivity index (χ2v) is 8.96. The minimum absolute atomic E-state index is 0. The smallest absolute Gasteiger partial charge is 0.412 e. The molecular formula is C37H75N9O3S. The second kappa shape index (κ2) is 51.4. The van der Waals surface area contributed by atoms with Crippen LogP contribution >= 0.6 is 11.8 Å². The minimum atomic E-state index is -0.550. The van der Waals surface area contributed by atoms with E-state index in [-0.39, 0.29) is 50.5 Å². The molecule has 2 aromatic carbocycles. The lowest BCUT2D eigenvalue weighted by molar-refractivity contribution is -0.117. The predicted octanol–water partition coefficient (Wildman–Crippen LogP) is 8.79. The predicted molar refractivity (Wildman–Crippen MR) is 234 cm³/mol. The zero-order chi connectivity index (χ0) is 34.9. The Labute approximate surface area is 312 Å². The molecule has 0 radical (unpaired) electrons. The Morgan fingerprint density at radius 1 is 0.800 bits per heavy atom. The highest BCUT2D eigenvalue weighted by atomic mass is 32.2. The third kappa shape index (κ3) is 39.7. The number of ether oxygens (including phenoxy) is 1. The number of aliphatic imine (C=N–C) groups is 5. The molecule has 0 bridgehead atoms. The van der Waals surface area contributed by atoms with Crippen LogP contribution in [0.5, 0.6) is 0 Å². The topological polar surface area (TPSA) is 167 Å². The quantitative estimate of drug-likeness (QED) is 0.182. The van der Waals surface area contributed by atoms with Crippen LogP contribution < -0.4 is 21.7 Å². The lowest BCUT2D eigenvalue weighted by Crippen LogP contribution is -2.32. The molecule has 0 spiro atoms. The highest BCUT2D eigenvalue weighted by Crippen LogP contribution is 2.34. The van der Waals surface area contributed by atoms with Gasteiger partial charge >= 0.3 is 6.09 Å². The maximum absolute atomic E-state index is 11.6. The molecule has 5 N–H and O–H groups in total. The van der Waals surface area contributed by atoms with Crippen molar-refractivity contribution in [3.05, 3.63) is 61.2 Å². The molecule has 3 rings (SSSR count). The van der Waals surface area contributed by atoms with E-state index < -0.39 is 12.1 Å². The normalized spacial score (nSPS) is 8.70. The minimum Gasteiger partial charge on any atom is -0.453 e. The fraction of sp³-hybridized carbons (Fsp3) is 0.432. The third-order valence-electron chi connectivity index (χ3n) is 3.87. The van der Waals surface area contributed by atoms with Gasteiger partial charge in [0.15, 0.2) is 0 Å². The van der Waals surface area contributed by atoms with Gasteiger partial charge in [-0.2, -0.15) is 0 Å². The van der Waals surface area contributed by atoms with Crippen molar-refractivity contribution in [3.63, 3.8) is 0 Å². The summed E-state index contributed by atoms with van der Waals surface area (Å²) in [6.45, 7) is 20.1. The van der Waals surface area contributed by atoms with Gasteiger partial charge in [-0.05, 0) is 95.9 Å². The summed E-state index contributed by atoms with van der Waals surface area (Å²) in [6, 6.07) is 13.0. The summed E-state index contributed by atoms with van der Waals surface area (Å²) < 4.78 is 4.59. The van der Waals surface area contributed by atoms with Gasteiger partial charge in [-0.25, -0.2) is 9.79 Å². The number of nitrogens with one attached hydrogen (secondary N) is 3. The molecule has 50 heavy (non-hydrogen) atoms. The molecule has 1 aliphatic rings. The number of methoxy groups -OCH3 is 1. The molecule has 0 aromatic heterocycles. The van der Waals surface area contributed by atoms with E-state index in [1.54, 1.807) is 46.9 Å². The van der Waals surface area contributed by atoms with Crippen LogP contribution in [-0.2, 0) is 16.0 Å². The molecule has 2 aromatic rings. The number of hydrogen-bond acceptors (Lipinski definition) is 11. The van der Waals surface area contributed by atoms with Gasteiger partial charge < -0.3 is 41.1 Å². The molecule has 0 saturated carbocycles. The number of carbonyl (C=O) groups excluding carboxylic acids is 2. The van der Waals surface area contributed by atoms with Gasteiger partial charge in [0, 0.05) is 50.1 Å². The van der Waals surface area contributed by atoms with Crippen molar-refractivity contribution in [2.75, 3.05) is 54.7 Å². The van der Waals surface area contributed by atoms with Gasteiger partial charge in [0.05, 0.1) is 18.8 Å². The van der Waals surface area contributed by atoms with Gasteiger partial charge in [-0.15, -0.1) is 13.2 Å². The molecule has 1 atom stereocenters. The van der Waals surface area contributed by atoms with Gasteiger partial charge in [0.1, 0.15) is 5.84 Å². The molecule has 1 unspecified atom stereocenters.